The molecule has 0 unspecified atom stereocenters. The van der Waals surface area contributed by atoms with E-state index in [9.17, 15) is 21.6 Å². The molecule has 0 spiro atoms. The van der Waals surface area contributed by atoms with Gasteiger partial charge in [0.1, 0.15) is 0 Å². The van der Waals surface area contributed by atoms with Gasteiger partial charge in [0.25, 0.3) is 0 Å². The van der Waals surface area contributed by atoms with Crippen LogP contribution in [0.2, 0.25) is 5.02 Å². The molecular formula is C16H12ClF3N4O2S. The summed E-state index contributed by atoms with van der Waals surface area (Å²) >= 11 is 5.52. The fourth-order valence-electron chi connectivity index (χ4n) is 2.25. The maximum Gasteiger partial charge on any atom is 0.417 e. The van der Waals surface area contributed by atoms with Gasteiger partial charge in [-0.2, -0.15) is 18.3 Å². The highest BCUT2D eigenvalue weighted by molar-refractivity contribution is 7.89. The van der Waals surface area contributed by atoms with Gasteiger partial charge in [-0.05, 0) is 42.0 Å². The fourth-order valence-corrected chi connectivity index (χ4v) is 3.52. The van der Waals surface area contributed by atoms with Crippen molar-refractivity contribution in [3.8, 4) is 5.82 Å². The lowest BCUT2D eigenvalue weighted by Crippen LogP contribution is -2.24. The summed E-state index contributed by atoms with van der Waals surface area (Å²) in [5, 5.41) is 3.45. The molecule has 6 nitrogen and oxygen atoms in total. The van der Waals surface area contributed by atoms with Crippen LogP contribution in [-0.4, -0.2) is 23.2 Å². The van der Waals surface area contributed by atoms with E-state index in [4.69, 9.17) is 11.6 Å². The summed E-state index contributed by atoms with van der Waals surface area (Å²) in [6, 6.07) is 7.32. The topological polar surface area (TPSA) is 76.9 Å². The molecule has 0 aliphatic rings. The van der Waals surface area contributed by atoms with Crippen molar-refractivity contribution in [1.29, 1.82) is 0 Å². The number of aromatic nitrogens is 3. The van der Waals surface area contributed by atoms with E-state index in [-0.39, 0.29) is 6.54 Å². The third-order valence-corrected chi connectivity index (χ3v) is 5.30. The van der Waals surface area contributed by atoms with Crippen LogP contribution in [0.4, 0.5) is 13.2 Å². The van der Waals surface area contributed by atoms with E-state index >= 15 is 0 Å². The molecule has 3 rings (SSSR count). The highest BCUT2D eigenvalue weighted by atomic mass is 35.5. The van der Waals surface area contributed by atoms with Gasteiger partial charge in [0.05, 0.1) is 15.5 Å². The number of benzene rings is 1. The lowest BCUT2D eigenvalue weighted by Gasteiger charge is -2.12. The average Bonchev–Trinajstić information content (AvgIpc) is 3.14. The smallest absolute Gasteiger partial charge is 0.237 e. The number of halogens is 4. The lowest BCUT2D eigenvalue weighted by molar-refractivity contribution is -0.137. The standard InChI is InChI=1S/C16H12ClF3N4O2S/c17-14-3-2-12(9-13(14)16(18,19)20)27(25,26)23-10-11-4-6-21-15(8-11)24-7-1-5-22-24/h1-9,23H,10H2. The number of nitrogens with one attached hydrogen (secondary N) is 1. The molecule has 0 saturated carbocycles. The zero-order chi connectivity index (χ0) is 19.7. The van der Waals surface area contributed by atoms with Gasteiger partial charge in [-0.15, -0.1) is 0 Å². The lowest BCUT2D eigenvalue weighted by atomic mass is 10.2. The van der Waals surface area contributed by atoms with Crippen LogP contribution in [0.15, 0.2) is 59.9 Å². The first kappa shape index (κ1) is 19.3. The number of hydrogen-bond donors (Lipinski definition) is 1. The molecule has 2 heterocycles. The summed E-state index contributed by atoms with van der Waals surface area (Å²) in [4.78, 5) is 3.59. The molecule has 27 heavy (non-hydrogen) atoms. The van der Waals surface area contributed by atoms with Gasteiger partial charge >= 0.3 is 6.18 Å². The molecule has 0 bridgehead atoms. The average molecular weight is 417 g/mol. The van der Waals surface area contributed by atoms with Crippen molar-refractivity contribution in [3.63, 3.8) is 0 Å². The van der Waals surface area contributed by atoms with Crippen LogP contribution in [0, 0.1) is 0 Å². The molecule has 0 fully saturated rings. The molecule has 0 atom stereocenters. The molecule has 142 valence electrons. The maximum absolute atomic E-state index is 12.9. The second kappa shape index (κ2) is 7.29. The summed E-state index contributed by atoms with van der Waals surface area (Å²) in [6.07, 6.45) is -0.0461. The normalized spacial score (nSPS) is 12.3. The first-order valence-electron chi connectivity index (χ1n) is 7.48. The van der Waals surface area contributed by atoms with Gasteiger partial charge in [0.15, 0.2) is 5.82 Å². The van der Waals surface area contributed by atoms with E-state index < -0.39 is 31.7 Å². The zero-order valence-corrected chi connectivity index (χ0v) is 15.1. The van der Waals surface area contributed by atoms with Crippen LogP contribution >= 0.6 is 11.6 Å². The molecule has 3 aromatic rings. The highest BCUT2D eigenvalue weighted by Crippen LogP contribution is 2.35. The fraction of sp³-hybridized carbons (Fsp3) is 0.125. The molecule has 0 saturated heterocycles. The minimum absolute atomic E-state index is 0.136. The first-order chi connectivity index (χ1) is 12.7. The van der Waals surface area contributed by atoms with Crippen LogP contribution in [0.25, 0.3) is 5.82 Å². The van der Waals surface area contributed by atoms with Crippen LogP contribution in [0.1, 0.15) is 11.1 Å². The Morgan fingerprint density at radius 3 is 2.59 bits per heavy atom. The number of sulfonamides is 1. The van der Waals surface area contributed by atoms with Crippen molar-refractivity contribution < 1.29 is 21.6 Å². The quantitative estimate of drug-likeness (QED) is 0.691. The van der Waals surface area contributed by atoms with Gasteiger partial charge in [0, 0.05) is 25.1 Å². The Bertz CT molecular complexity index is 1050. The molecule has 0 aliphatic heterocycles. The highest BCUT2D eigenvalue weighted by Gasteiger charge is 2.34. The Kier molecular flexibility index (Phi) is 5.22. The van der Waals surface area contributed by atoms with Gasteiger partial charge < -0.3 is 0 Å². The number of rotatable bonds is 5. The number of alkyl halides is 3. The Balaban J connectivity index is 1.81. The van der Waals surface area contributed by atoms with Crippen molar-refractivity contribution in [3.05, 3.63) is 71.1 Å². The minimum atomic E-state index is -4.76. The number of hydrogen-bond acceptors (Lipinski definition) is 4. The summed E-state index contributed by atoms with van der Waals surface area (Å²) in [5.74, 6) is 0.475. The monoisotopic (exact) mass is 416 g/mol. The Morgan fingerprint density at radius 2 is 1.93 bits per heavy atom. The third kappa shape index (κ3) is 4.46. The molecule has 0 radical (unpaired) electrons. The van der Waals surface area contributed by atoms with E-state index in [0.717, 1.165) is 12.1 Å². The molecule has 0 aliphatic carbocycles. The number of nitrogens with zero attached hydrogens (tertiary/aromatic N) is 3. The second-order valence-corrected chi connectivity index (χ2v) is 7.61. The molecule has 11 heteroatoms. The molecule has 1 aromatic carbocycles. The van der Waals surface area contributed by atoms with Crippen molar-refractivity contribution in [2.24, 2.45) is 0 Å². The summed E-state index contributed by atoms with van der Waals surface area (Å²) in [7, 11) is -4.18. The Labute approximate surface area is 157 Å². The zero-order valence-electron chi connectivity index (χ0n) is 13.5. The van der Waals surface area contributed by atoms with E-state index in [1.165, 1.54) is 10.9 Å². The SMILES string of the molecule is O=S(=O)(NCc1ccnc(-n2cccn2)c1)c1ccc(Cl)c(C(F)(F)F)c1. The van der Waals surface area contributed by atoms with Gasteiger partial charge in [-0.1, -0.05) is 11.6 Å². The Hall–Kier alpha value is -2.43. The van der Waals surface area contributed by atoms with Gasteiger partial charge in [-0.25, -0.2) is 22.8 Å². The predicted octanol–water partition coefficient (Wildman–Crippen LogP) is 3.42. The van der Waals surface area contributed by atoms with Crippen molar-refractivity contribution in [2.45, 2.75) is 17.6 Å². The van der Waals surface area contributed by atoms with E-state index in [0.29, 0.717) is 17.4 Å². The van der Waals surface area contributed by atoms with Gasteiger partial charge in [0.2, 0.25) is 10.0 Å². The predicted molar refractivity (Wildman–Crippen MR) is 91.8 cm³/mol. The largest absolute Gasteiger partial charge is 0.417 e. The molecule has 0 amide bonds. The van der Waals surface area contributed by atoms with E-state index in [1.54, 1.807) is 30.6 Å². The van der Waals surface area contributed by atoms with Crippen LogP contribution in [0.5, 0.6) is 0 Å². The molecule has 1 N–H and O–H groups in total. The van der Waals surface area contributed by atoms with Crippen molar-refractivity contribution in [1.82, 2.24) is 19.5 Å². The van der Waals surface area contributed by atoms with Crippen molar-refractivity contribution >= 4 is 21.6 Å². The van der Waals surface area contributed by atoms with Crippen LogP contribution in [0.3, 0.4) is 0 Å². The van der Waals surface area contributed by atoms with Crippen LogP contribution in [-0.2, 0) is 22.7 Å². The summed E-state index contributed by atoms with van der Waals surface area (Å²) < 4.78 is 67.3. The van der Waals surface area contributed by atoms with E-state index in [2.05, 4.69) is 14.8 Å². The van der Waals surface area contributed by atoms with Crippen molar-refractivity contribution in [2.75, 3.05) is 0 Å². The summed E-state index contributed by atoms with van der Waals surface area (Å²) in [5.41, 5.74) is -0.652. The van der Waals surface area contributed by atoms with Crippen LogP contribution < -0.4 is 4.72 Å². The first-order valence-corrected chi connectivity index (χ1v) is 9.34. The summed E-state index contributed by atoms with van der Waals surface area (Å²) in [6.45, 7) is -0.136. The molecule has 2 aromatic heterocycles. The third-order valence-electron chi connectivity index (χ3n) is 3.57. The minimum Gasteiger partial charge on any atom is -0.237 e. The second-order valence-electron chi connectivity index (χ2n) is 5.44. The maximum atomic E-state index is 12.9. The molecular weight excluding hydrogens is 405 g/mol. The van der Waals surface area contributed by atoms with Gasteiger partial charge in [-0.3, -0.25) is 0 Å². The number of pyridine rings is 1. The van der Waals surface area contributed by atoms with E-state index in [1.807, 2.05) is 0 Å². The Morgan fingerprint density at radius 1 is 1.15 bits per heavy atom.